The number of aliphatic hydroxyl groups excluding tert-OH is 1. The van der Waals surface area contributed by atoms with E-state index < -0.39 is 0 Å². The first-order chi connectivity index (χ1) is 71.2. The Kier molecular flexibility index (Phi) is 66.9. The Bertz CT molecular complexity index is 6150. The summed E-state index contributed by atoms with van der Waals surface area (Å²) in [5.74, 6) is 7.76. The van der Waals surface area contributed by atoms with E-state index in [1.807, 2.05) is 153 Å². The number of benzene rings is 13. The first kappa shape index (κ1) is 128. The summed E-state index contributed by atoms with van der Waals surface area (Å²) in [5.41, 5.74) is 15.7. The molecule has 21 heteroatoms. The number of aliphatic hydroxyl groups is 1. The molecule has 0 radical (unpaired) electrons. The maximum atomic E-state index is 9.51. The smallest absolute Gasteiger partial charge is 0.163 e. The van der Waals surface area contributed by atoms with Gasteiger partial charge in [-0.05, 0) is 274 Å². The van der Waals surface area contributed by atoms with E-state index in [-0.39, 0.29) is 52.6 Å². The van der Waals surface area contributed by atoms with Crippen molar-refractivity contribution in [2.75, 3.05) is 49.8 Å². The van der Waals surface area contributed by atoms with Crippen LogP contribution in [0.2, 0.25) is 0 Å². The van der Waals surface area contributed by atoms with Crippen molar-refractivity contribution in [2.24, 2.45) is 0 Å². The largest absolute Gasteiger partial charge is 0.508 e. The van der Waals surface area contributed by atoms with Gasteiger partial charge in [-0.15, -0.1) is 85.5 Å². The van der Waals surface area contributed by atoms with Crippen LogP contribution in [0, 0.1) is 13.8 Å². The molecule has 0 atom stereocenters. The monoisotopic (exact) mass is 2010 g/mol. The van der Waals surface area contributed by atoms with Gasteiger partial charge in [0.05, 0.1) is 56.4 Å². The molecule has 0 bridgehead atoms. The summed E-state index contributed by atoms with van der Waals surface area (Å²) >= 11 is 0. The molecule has 21 nitrogen and oxygen atoms in total. The molecule has 13 aromatic carbocycles. The molecule has 14 N–H and O–H groups in total. The van der Waals surface area contributed by atoms with Crippen LogP contribution in [0.3, 0.4) is 0 Å². The third-order valence-corrected chi connectivity index (χ3v) is 20.4. The maximum absolute atomic E-state index is 9.51. The minimum absolute atomic E-state index is 0.128. The second kappa shape index (κ2) is 77.1. The second-order valence-corrected chi connectivity index (χ2v) is 31.7. The van der Waals surface area contributed by atoms with Gasteiger partial charge in [0.2, 0.25) is 0 Å². The zero-order chi connectivity index (χ0) is 111. The number of rotatable bonds is 34. The molecule has 0 aliphatic carbocycles. The molecule has 0 aliphatic rings. The highest BCUT2D eigenvalue weighted by atomic mass is 16.5. The summed E-state index contributed by atoms with van der Waals surface area (Å²) in [5, 5.41) is 129. The minimum atomic E-state index is -0.128. The SMILES string of the molecule is C=CCc1c(C)cccc1O.C=CCc1cc(C)ccc1O.C=CCc1cc(O)cc(OC)c1.C=CCc1cc(O)ccc1OC.C=CCc1ccc(O)c(OC)c1.C=CCc1ccc(O)cc1.C=CCc1ccc(O)cc1OC.C=CCc1ccc(OC)c(O)c1.C=CCc1ccc(OC)cc1O.C=CCc1cccc(CO)c1O.C=CCc1cccc(O)c1.C=CCc1cccc(O)c1OC.C=CCc1ccccc1O. The van der Waals surface area contributed by atoms with Crippen LogP contribution in [0.15, 0.2) is 419 Å². The van der Waals surface area contributed by atoms with Crippen molar-refractivity contribution in [3.63, 3.8) is 0 Å². The van der Waals surface area contributed by atoms with Gasteiger partial charge in [-0.1, -0.05) is 206 Å². The molecular weight excluding hydrogens is 1860 g/mol. The maximum Gasteiger partial charge on any atom is 0.163 e. The first-order valence-electron chi connectivity index (χ1n) is 46.9. The van der Waals surface area contributed by atoms with Crippen LogP contribution >= 0.6 is 0 Å². The molecule has 784 valence electrons. The summed E-state index contributed by atoms with van der Waals surface area (Å²) in [6.07, 6.45) is 32.8. The van der Waals surface area contributed by atoms with Crippen LogP contribution in [0.25, 0.3) is 0 Å². The van der Waals surface area contributed by atoms with Gasteiger partial charge >= 0.3 is 0 Å². The zero-order valence-corrected chi connectivity index (χ0v) is 87.0. The summed E-state index contributed by atoms with van der Waals surface area (Å²) in [6.45, 7) is 50.8. The molecule has 0 amide bonds. The molecule has 0 saturated carbocycles. The Morgan fingerprint density at radius 3 is 1.17 bits per heavy atom. The van der Waals surface area contributed by atoms with Crippen molar-refractivity contribution in [3.8, 4) is 115 Å². The summed E-state index contributed by atoms with van der Waals surface area (Å²) in [4.78, 5) is 0. The predicted octanol–water partition coefficient (Wildman–Crippen LogP) is 27.7. The minimum Gasteiger partial charge on any atom is -0.508 e. The van der Waals surface area contributed by atoms with Crippen LogP contribution < -0.4 is 33.2 Å². The van der Waals surface area contributed by atoms with E-state index in [4.69, 9.17) is 58.7 Å². The Hall–Kier alpha value is -17.6. The number of methoxy groups -OCH3 is 7. The highest BCUT2D eigenvalue weighted by molar-refractivity contribution is 5.50. The number of allylic oxidation sites excluding steroid dienone is 13. The predicted molar refractivity (Wildman–Crippen MR) is 607 cm³/mol. The third kappa shape index (κ3) is 51.9. The van der Waals surface area contributed by atoms with Crippen molar-refractivity contribution in [2.45, 2.75) is 104 Å². The fraction of sp³-hybridized carbons (Fsp3) is 0.181. The van der Waals surface area contributed by atoms with Gasteiger partial charge in [0, 0.05) is 40.5 Å². The molecular formula is C127H150O21. The number of phenols is 13. The van der Waals surface area contributed by atoms with Crippen molar-refractivity contribution in [1.82, 2.24) is 0 Å². The van der Waals surface area contributed by atoms with E-state index in [0.29, 0.717) is 94.5 Å². The van der Waals surface area contributed by atoms with Crippen LogP contribution in [0.4, 0.5) is 0 Å². The quantitative estimate of drug-likeness (QED) is 0.0167. The van der Waals surface area contributed by atoms with Crippen molar-refractivity contribution in [1.29, 1.82) is 0 Å². The van der Waals surface area contributed by atoms with Crippen molar-refractivity contribution >= 4 is 0 Å². The van der Waals surface area contributed by atoms with E-state index in [1.54, 1.807) is 230 Å². The molecule has 0 aliphatic heterocycles. The van der Waals surface area contributed by atoms with Gasteiger partial charge < -0.3 is 105 Å². The number of aromatic hydroxyl groups is 13. The molecule has 0 fully saturated rings. The summed E-state index contributed by atoms with van der Waals surface area (Å²) < 4.78 is 35.0. The van der Waals surface area contributed by atoms with Crippen molar-refractivity contribution in [3.05, 3.63) is 508 Å². The fourth-order valence-electron chi connectivity index (χ4n) is 13.1. The van der Waals surface area contributed by atoms with Gasteiger partial charge in [0.25, 0.3) is 0 Å². The van der Waals surface area contributed by atoms with Gasteiger partial charge in [-0.3, -0.25) is 0 Å². The number of hydrogen-bond donors (Lipinski definition) is 14. The number of aryl methyl sites for hydroxylation is 2. The normalized spacial score (nSPS) is 9.42. The Balaban J connectivity index is 0.000000802. The van der Waals surface area contributed by atoms with E-state index in [9.17, 15) is 46.0 Å². The highest BCUT2D eigenvalue weighted by Gasteiger charge is 2.11. The van der Waals surface area contributed by atoms with E-state index >= 15 is 0 Å². The lowest BCUT2D eigenvalue weighted by atomic mass is 10.1. The Labute approximate surface area is 876 Å². The van der Waals surface area contributed by atoms with Crippen molar-refractivity contribution < 1.29 is 105 Å². The average molecular weight is 2010 g/mol. The molecule has 13 aromatic rings. The standard InChI is InChI=1S/8C10H12O2.2C10H12O.3C9H10O/c1-3-5-8-6-4-7-9(11)10(8)12-2;1-3-4-8-5-9(11)7-10(6-8)12-2;1-3-4-8-7-9(11)5-6-10(8)12-2;1-3-4-8-5-6-9(12-2)7-10(8)11;1-3-4-8-5-6-9(11)7-10(8)12-2;1-3-4-8-5-6-10(12-2)9(11)7-8;1-3-4-8-5-6-9(11)10(7-8)12-2;1-2-4-8-5-3-6-9(7-11)10(8)12;1-3-5-9-8(2)6-4-7-10(9)11;1-3-4-9-7-8(2)5-6-10(9)11;1-2-5-8-6-3-4-7-9(8)10;1-2-4-8-5-3-6-9(10)7-8;1-2-3-8-4-6-9(10)7-5-8/h3-4,6-7,11H,1,5H2,2H3;6*3,5-7,11H,1,4H2,2H3;2-3,5-6,11-12H,1,4,7H2;3-4,6-7,11H,1,5H2,2H3;3,5-7,11H,1,4H2,2H3;2-4,6-7,10H,1,5H2;2-3,5-7,10H,1,4H2;2,4-7,10H,1,3H2. The first-order valence-corrected chi connectivity index (χ1v) is 46.9. The van der Waals surface area contributed by atoms with Gasteiger partial charge in [-0.2, -0.15) is 0 Å². The van der Waals surface area contributed by atoms with E-state index in [0.717, 1.165) is 136 Å². The molecule has 0 spiro atoms. The van der Waals surface area contributed by atoms with Crippen LogP contribution in [0.1, 0.15) is 89.0 Å². The van der Waals surface area contributed by atoms with Gasteiger partial charge in [0.1, 0.15) is 80.5 Å². The third-order valence-electron chi connectivity index (χ3n) is 20.4. The summed E-state index contributed by atoms with van der Waals surface area (Å²) in [7, 11) is 10.9. The van der Waals surface area contributed by atoms with Gasteiger partial charge in [0.15, 0.2) is 34.5 Å². The lowest BCUT2D eigenvalue weighted by Gasteiger charge is -2.07. The Morgan fingerprint density at radius 1 is 0.209 bits per heavy atom. The molecule has 13 rings (SSSR count). The van der Waals surface area contributed by atoms with E-state index in [2.05, 4.69) is 85.5 Å². The molecule has 0 aromatic heterocycles. The number of ether oxygens (including phenoxy) is 7. The summed E-state index contributed by atoms with van der Waals surface area (Å²) in [6, 6.07) is 74.4. The number of phenolic OH excluding ortho intramolecular Hbond substituents is 12. The van der Waals surface area contributed by atoms with Crippen LogP contribution in [0.5, 0.6) is 115 Å². The molecule has 0 unspecified atom stereocenters. The molecule has 0 heterocycles. The second-order valence-electron chi connectivity index (χ2n) is 31.7. The molecule has 0 saturated heterocycles. The van der Waals surface area contributed by atoms with E-state index in [1.165, 1.54) is 25.3 Å². The van der Waals surface area contributed by atoms with Crippen LogP contribution in [-0.4, -0.2) is 121 Å². The number of para-hydroxylation sites is 3. The highest BCUT2D eigenvalue weighted by Crippen LogP contribution is 2.34. The Morgan fingerprint density at radius 2 is 0.622 bits per heavy atom. The van der Waals surface area contributed by atoms with Crippen LogP contribution in [-0.2, 0) is 90.1 Å². The number of hydrogen-bond acceptors (Lipinski definition) is 21. The lowest BCUT2D eigenvalue weighted by Crippen LogP contribution is -1.90. The fourth-order valence-corrected chi connectivity index (χ4v) is 13.1. The van der Waals surface area contributed by atoms with Gasteiger partial charge in [-0.25, -0.2) is 0 Å². The molecule has 148 heavy (non-hydrogen) atoms. The zero-order valence-electron chi connectivity index (χ0n) is 87.0. The average Bonchev–Trinajstić information content (AvgIpc) is 0.859. The lowest BCUT2D eigenvalue weighted by molar-refractivity contribution is 0.275. The topological polar surface area (TPSA) is 348 Å².